The van der Waals surface area contributed by atoms with Crippen molar-refractivity contribution in [3.63, 3.8) is 0 Å². The highest BCUT2D eigenvalue weighted by atomic mass is 28.3. The second-order valence-corrected chi connectivity index (χ2v) is 20.1. The molecule has 0 aliphatic carbocycles. The van der Waals surface area contributed by atoms with Crippen molar-refractivity contribution >= 4 is 89.5 Å². The van der Waals surface area contributed by atoms with E-state index in [0.717, 1.165) is 0 Å². The zero-order chi connectivity index (χ0) is 34.0. The van der Waals surface area contributed by atoms with Gasteiger partial charge in [0, 0.05) is 49.4 Å². The van der Waals surface area contributed by atoms with E-state index in [-0.39, 0.29) is 0 Å². The lowest BCUT2D eigenvalue weighted by molar-refractivity contribution is 1.15. The fourth-order valence-corrected chi connectivity index (χ4v) is 9.95. The van der Waals surface area contributed by atoms with Gasteiger partial charge in [-0.05, 0) is 71.4 Å². The molecule has 0 atom stereocenters. The Labute approximate surface area is 296 Å². The van der Waals surface area contributed by atoms with E-state index in [4.69, 9.17) is 0 Å². The van der Waals surface area contributed by atoms with Crippen molar-refractivity contribution < 1.29 is 0 Å². The SMILES string of the molecule is C[Si](C)(C)c1ccc(-n2c3cc(-n4c5ccccc5c5ccccc54)cc4ccc5cc(-n6c7ccccc7c7ccccc76)cc2c5c43)cc1. The lowest BCUT2D eigenvalue weighted by Crippen LogP contribution is -2.37. The number of hydrogen-bond acceptors (Lipinski definition) is 0. The number of rotatable bonds is 4. The summed E-state index contributed by atoms with van der Waals surface area (Å²) in [6.45, 7) is 7.27. The zero-order valence-electron chi connectivity index (χ0n) is 28.9. The van der Waals surface area contributed by atoms with E-state index in [2.05, 4.69) is 191 Å². The number of fused-ring (bicyclic) bond motifs is 6. The highest BCUT2D eigenvalue weighted by Crippen LogP contribution is 2.43. The summed E-state index contributed by atoms with van der Waals surface area (Å²) in [7, 11) is -1.48. The van der Waals surface area contributed by atoms with Crippen LogP contribution in [0.4, 0.5) is 0 Å². The standard InChI is InChI=1S/C47H35N3Si/c1-51(2,3)35-24-22-32(23-25-35)48-44-28-33(49-40-16-8-4-12-36(40)37-13-5-9-17-41(37)49)26-30-20-21-31-27-34(29-45(48)47(31)46(30)44)50-42-18-10-6-14-38(42)39-15-7-11-19-43(39)50/h4-29H,1-3H3. The average Bonchev–Trinajstić information content (AvgIpc) is 3.79. The second kappa shape index (κ2) is 10.2. The normalized spacial score (nSPS) is 12.6. The van der Waals surface area contributed by atoms with Crippen molar-refractivity contribution in [1.82, 2.24) is 13.7 Å². The van der Waals surface area contributed by atoms with Crippen LogP contribution < -0.4 is 5.19 Å². The third kappa shape index (κ3) is 3.99. The molecule has 0 saturated heterocycles. The molecule has 4 heteroatoms. The summed E-state index contributed by atoms with van der Waals surface area (Å²) in [5.74, 6) is 0. The number of aromatic nitrogens is 3. The maximum absolute atomic E-state index is 2.52. The Morgan fingerprint density at radius 2 is 0.686 bits per heavy atom. The molecular formula is C47H35N3Si. The monoisotopic (exact) mass is 669 g/mol. The molecule has 0 amide bonds. The Balaban J connectivity index is 1.27. The lowest BCUT2D eigenvalue weighted by Gasteiger charge is -2.18. The Kier molecular flexibility index (Phi) is 5.75. The fraction of sp³-hybridized carbons (Fsp3) is 0.0638. The Bertz CT molecular complexity index is 2870. The van der Waals surface area contributed by atoms with Crippen LogP contribution in [0.2, 0.25) is 19.6 Å². The van der Waals surface area contributed by atoms with Gasteiger partial charge >= 0.3 is 0 Å². The highest BCUT2D eigenvalue weighted by molar-refractivity contribution is 6.88. The van der Waals surface area contributed by atoms with E-state index in [0.29, 0.717) is 0 Å². The van der Waals surface area contributed by atoms with Crippen molar-refractivity contribution in [3.05, 3.63) is 158 Å². The van der Waals surface area contributed by atoms with Gasteiger partial charge in [-0.1, -0.05) is 122 Å². The molecule has 11 aromatic rings. The molecule has 0 aliphatic heterocycles. The van der Waals surface area contributed by atoms with Gasteiger partial charge in [0.2, 0.25) is 0 Å². The van der Waals surface area contributed by atoms with Crippen LogP contribution in [0.5, 0.6) is 0 Å². The van der Waals surface area contributed by atoms with Gasteiger partial charge in [0.05, 0.1) is 41.2 Å². The van der Waals surface area contributed by atoms with E-state index in [9.17, 15) is 0 Å². The van der Waals surface area contributed by atoms with Gasteiger partial charge in [0.1, 0.15) is 0 Å². The molecule has 0 N–H and O–H groups in total. The van der Waals surface area contributed by atoms with E-state index in [1.54, 1.807) is 0 Å². The molecular weight excluding hydrogens is 635 g/mol. The molecule has 3 nitrogen and oxygen atoms in total. The van der Waals surface area contributed by atoms with Gasteiger partial charge in [0.15, 0.2) is 0 Å². The van der Waals surface area contributed by atoms with Crippen LogP contribution >= 0.6 is 0 Å². The first kappa shape index (κ1) is 28.7. The largest absolute Gasteiger partial charge is 0.309 e. The summed E-state index contributed by atoms with van der Waals surface area (Å²) in [4.78, 5) is 0. The predicted molar refractivity (Wildman–Crippen MR) is 221 cm³/mol. The lowest BCUT2D eigenvalue weighted by atomic mass is 10.0. The first-order chi connectivity index (χ1) is 24.9. The fourth-order valence-electron chi connectivity index (χ4n) is 8.78. The molecule has 3 aromatic heterocycles. The second-order valence-electron chi connectivity index (χ2n) is 15.1. The van der Waals surface area contributed by atoms with Crippen LogP contribution in [0.25, 0.3) is 93.3 Å². The Hall–Kier alpha value is -6.10. The third-order valence-corrected chi connectivity index (χ3v) is 13.2. The van der Waals surface area contributed by atoms with E-state index < -0.39 is 8.07 Å². The first-order valence-corrected chi connectivity index (χ1v) is 21.4. The smallest absolute Gasteiger partial charge is 0.0775 e. The minimum absolute atomic E-state index is 1.17. The number of nitrogens with zero attached hydrogens (tertiary/aromatic N) is 3. The van der Waals surface area contributed by atoms with Crippen molar-refractivity contribution in [2.24, 2.45) is 0 Å². The number of para-hydroxylation sites is 4. The van der Waals surface area contributed by atoms with Crippen LogP contribution in [0.1, 0.15) is 0 Å². The summed E-state index contributed by atoms with van der Waals surface area (Å²) >= 11 is 0. The summed E-state index contributed by atoms with van der Waals surface area (Å²) in [5.41, 5.74) is 10.9. The van der Waals surface area contributed by atoms with Crippen molar-refractivity contribution in [3.8, 4) is 17.1 Å². The van der Waals surface area contributed by atoms with Gasteiger partial charge in [-0.25, -0.2) is 0 Å². The van der Waals surface area contributed by atoms with Gasteiger partial charge in [-0.3, -0.25) is 0 Å². The molecule has 0 unspecified atom stereocenters. The quantitative estimate of drug-likeness (QED) is 0.131. The molecule has 3 heterocycles. The van der Waals surface area contributed by atoms with Crippen LogP contribution in [-0.2, 0) is 0 Å². The molecule has 11 rings (SSSR count). The topological polar surface area (TPSA) is 14.8 Å². The summed E-state index contributed by atoms with van der Waals surface area (Å²) in [5, 5.41) is 11.7. The Morgan fingerprint density at radius 3 is 1.06 bits per heavy atom. The Morgan fingerprint density at radius 1 is 0.333 bits per heavy atom. The van der Waals surface area contributed by atoms with Crippen molar-refractivity contribution in [1.29, 1.82) is 0 Å². The van der Waals surface area contributed by atoms with Crippen LogP contribution in [-0.4, -0.2) is 21.8 Å². The number of hydrogen-bond donors (Lipinski definition) is 0. The van der Waals surface area contributed by atoms with Crippen molar-refractivity contribution in [2.75, 3.05) is 0 Å². The molecule has 0 radical (unpaired) electrons. The maximum atomic E-state index is 2.52. The first-order valence-electron chi connectivity index (χ1n) is 17.9. The zero-order valence-corrected chi connectivity index (χ0v) is 29.9. The molecule has 51 heavy (non-hydrogen) atoms. The van der Waals surface area contributed by atoms with E-state index in [1.807, 2.05) is 0 Å². The van der Waals surface area contributed by atoms with Gasteiger partial charge in [0.25, 0.3) is 0 Å². The minimum atomic E-state index is -1.48. The predicted octanol–water partition coefficient (Wildman–Crippen LogP) is 12.1. The van der Waals surface area contributed by atoms with Gasteiger partial charge in [-0.15, -0.1) is 0 Å². The third-order valence-electron chi connectivity index (χ3n) is 11.1. The molecule has 0 aliphatic rings. The molecule has 0 bridgehead atoms. The summed E-state index contributed by atoms with van der Waals surface area (Å²) in [6, 6.07) is 58.9. The van der Waals surface area contributed by atoms with Crippen LogP contribution in [0.3, 0.4) is 0 Å². The van der Waals surface area contributed by atoms with Crippen LogP contribution in [0.15, 0.2) is 158 Å². The average molecular weight is 670 g/mol. The molecule has 0 fully saturated rings. The minimum Gasteiger partial charge on any atom is -0.309 e. The van der Waals surface area contributed by atoms with Gasteiger partial charge in [-0.2, -0.15) is 0 Å². The maximum Gasteiger partial charge on any atom is 0.0775 e. The summed E-state index contributed by atoms with van der Waals surface area (Å²) in [6.07, 6.45) is 0. The molecule has 0 spiro atoms. The van der Waals surface area contributed by atoms with Gasteiger partial charge < -0.3 is 13.7 Å². The molecule has 8 aromatic carbocycles. The van der Waals surface area contributed by atoms with E-state index >= 15 is 0 Å². The van der Waals surface area contributed by atoms with Crippen LogP contribution in [0, 0.1) is 0 Å². The highest BCUT2D eigenvalue weighted by Gasteiger charge is 2.23. The van der Waals surface area contributed by atoms with E-state index in [1.165, 1.54) is 98.4 Å². The number of benzene rings is 8. The summed E-state index contributed by atoms with van der Waals surface area (Å²) < 4.78 is 7.42. The molecule has 0 saturated carbocycles. The molecule has 242 valence electrons. The van der Waals surface area contributed by atoms with Crippen molar-refractivity contribution in [2.45, 2.75) is 19.6 Å².